The summed E-state index contributed by atoms with van der Waals surface area (Å²) < 4.78 is 10.9. The van der Waals surface area contributed by atoms with Gasteiger partial charge in [-0.15, -0.1) is 6.58 Å². The molecular formula is C14H16O3. The molecule has 0 aromatic heterocycles. The monoisotopic (exact) mass is 232 g/mol. The summed E-state index contributed by atoms with van der Waals surface area (Å²) in [5.74, 6) is 1.54. The summed E-state index contributed by atoms with van der Waals surface area (Å²) in [5, 5.41) is 0. The third-order valence-corrected chi connectivity index (χ3v) is 2.68. The van der Waals surface area contributed by atoms with E-state index < -0.39 is 0 Å². The van der Waals surface area contributed by atoms with Crippen molar-refractivity contribution in [2.24, 2.45) is 0 Å². The smallest absolute Gasteiger partial charge is 0.163 e. The second kappa shape index (κ2) is 5.53. The number of carbonyl (C=O) groups is 1. The molecule has 0 N–H and O–H groups in total. The molecule has 0 aliphatic carbocycles. The van der Waals surface area contributed by atoms with Crippen molar-refractivity contribution in [3.63, 3.8) is 0 Å². The SMILES string of the molecule is C=CCCCC(=O)c1ccc2c(c1)OCCO2. The fourth-order valence-electron chi connectivity index (χ4n) is 1.77. The van der Waals surface area contributed by atoms with E-state index in [-0.39, 0.29) is 5.78 Å². The first-order valence-corrected chi connectivity index (χ1v) is 5.85. The van der Waals surface area contributed by atoms with E-state index in [4.69, 9.17) is 9.47 Å². The lowest BCUT2D eigenvalue weighted by molar-refractivity contribution is 0.0979. The fourth-order valence-corrected chi connectivity index (χ4v) is 1.77. The van der Waals surface area contributed by atoms with Crippen LogP contribution in [0.1, 0.15) is 29.6 Å². The Bertz CT molecular complexity index is 423. The first-order chi connectivity index (χ1) is 8.31. The molecule has 3 heteroatoms. The zero-order chi connectivity index (χ0) is 12.1. The second-order valence-electron chi connectivity index (χ2n) is 3.96. The Balaban J connectivity index is 2.05. The molecule has 0 spiro atoms. The van der Waals surface area contributed by atoms with Gasteiger partial charge in [-0.2, -0.15) is 0 Å². The summed E-state index contributed by atoms with van der Waals surface area (Å²) in [6.07, 6.45) is 4.09. The molecule has 0 saturated carbocycles. The second-order valence-corrected chi connectivity index (χ2v) is 3.96. The molecule has 0 fully saturated rings. The van der Waals surface area contributed by atoms with Crippen LogP contribution in [0.15, 0.2) is 30.9 Å². The molecule has 2 rings (SSSR count). The van der Waals surface area contributed by atoms with Crippen molar-refractivity contribution in [1.82, 2.24) is 0 Å². The van der Waals surface area contributed by atoms with E-state index in [1.54, 1.807) is 18.2 Å². The van der Waals surface area contributed by atoms with Crippen LogP contribution in [0, 0.1) is 0 Å². The lowest BCUT2D eigenvalue weighted by atomic mass is 10.0. The minimum Gasteiger partial charge on any atom is -0.486 e. The Morgan fingerprint density at radius 1 is 1.29 bits per heavy atom. The van der Waals surface area contributed by atoms with Gasteiger partial charge >= 0.3 is 0 Å². The molecule has 0 radical (unpaired) electrons. The highest BCUT2D eigenvalue weighted by molar-refractivity contribution is 5.96. The highest BCUT2D eigenvalue weighted by Crippen LogP contribution is 2.31. The number of ketones is 1. The van der Waals surface area contributed by atoms with Crippen LogP contribution in [-0.4, -0.2) is 19.0 Å². The van der Waals surface area contributed by atoms with Gasteiger partial charge in [0.25, 0.3) is 0 Å². The van der Waals surface area contributed by atoms with Gasteiger partial charge in [0.2, 0.25) is 0 Å². The quantitative estimate of drug-likeness (QED) is 0.445. The number of rotatable bonds is 5. The van der Waals surface area contributed by atoms with Gasteiger partial charge in [-0.25, -0.2) is 0 Å². The van der Waals surface area contributed by atoms with Crippen molar-refractivity contribution < 1.29 is 14.3 Å². The maximum Gasteiger partial charge on any atom is 0.163 e. The molecule has 1 aromatic carbocycles. The predicted molar refractivity (Wildman–Crippen MR) is 65.8 cm³/mol. The molecule has 0 bridgehead atoms. The Morgan fingerprint density at radius 2 is 2.06 bits per heavy atom. The maximum absolute atomic E-state index is 11.9. The molecule has 90 valence electrons. The van der Waals surface area contributed by atoms with Gasteiger partial charge in [0.1, 0.15) is 13.2 Å². The van der Waals surface area contributed by atoms with Crippen LogP contribution < -0.4 is 9.47 Å². The number of ether oxygens (including phenoxy) is 2. The van der Waals surface area contributed by atoms with Gasteiger partial charge < -0.3 is 9.47 Å². The summed E-state index contributed by atoms with van der Waals surface area (Å²) in [7, 11) is 0. The van der Waals surface area contributed by atoms with E-state index >= 15 is 0 Å². The Labute approximate surface area is 101 Å². The van der Waals surface area contributed by atoms with Crippen LogP contribution >= 0.6 is 0 Å². The summed E-state index contributed by atoms with van der Waals surface area (Å²) in [6.45, 7) is 4.75. The summed E-state index contributed by atoms with van der Waals surface area (Å²) in [6, 6.07) is 5.36. The van der Waals surface area contributed by atoms with Crippen molar-refractivity contribution in [2.75, 3.05) is 13.2 Å². The first kappa shape index (κ1) is 11.7. The zero-order valence-electron chi connectivity index (χ0n) is 9.78. The lowest BCUT2D eigenvalue weighted by Crippen LogP contribution is -2.15. The van der Waals surface area contributed by atoms with Gasteiger partial charge in [-0.1, -0.05) is 6.08 Å². The number of hydrogen-bond donors (Lipinski definition) is 0. The van der Waals surface area contributed by atoms with Gasteiger partial charge in [0, 0.05) is 12.0 Å². The normalized spacial score (nSPS) is 13.2. The number of fused-ring (bicyclic) bond motifs is 1. The Hall–Kier alpha value is -1.77. The van der Waals surface area contributed by atoms with Crippen LogP contribution in [0.4, 0.5) is 0 Å². The summed E-state index contributed by atoms with van der Waals surface area (Å²) >= 11 is 0. The van der Waals surface area contributed by atoms with Crippen molar-refractivity contribution >= 4 is 5.78 Å². The van der Waals surface area contributed by atoms with Crippen molar-refractivity contribution in [3.05, 3.63) is 36.4 Å². The van der Waals surface area contributed by atoms with Crippen LogP contribution in [-0.2, 0) is 0 Å². The van der Waals surface area contributed by atoms with Crippen molar-refractivity contribution in [3.8, 4) is 11.5 Å². The summed E-state index contributed by atoms with van der Waals surface area (Å²) in [4.78, 5) is 11.9. The summed E-state index contributed by atoms with van der Waals surface area (Å²) in [5.41, 5.74) is 0.693. The molecule has 1 aromatic rings. The molecule has 0 atom stereocenters. The highest BCUT2D eigenvalue weighted by atomic mass is 16.6. The largest absolute Gasteiger partial charge is 0.486 e. The van der Waals surface area contributed by atoms with Crippen molar-refractivity contribution in [2.45, 2.75) is 19.3 Å². The average molecular weight is 232 g/mol. The van der Waals surface area contributed by atoms with Gasteiger partial charge in [0.05, 0.1) is 0 Å². The zero-order valence-corrected chi connectivity index (χ0v) is 9.78. The molecular weight excluding hydrogens is 216 g/mol. The Kier molecular flexibility index (Phi) is 3.81. The lowest BCUT2D eigenvalue weighted by Gasteiger charge is -2.18. The third kappa shape index (κ3) is 2.87. The number of allylic oxidation sites excluding steroid dienone is 1. The van der Waals surface area contributed by atoms with E-state index in [0.29, 0.717) is 30.9 Å². The molecule has 0 saturated heterocycles. The van der Waals surface area contributed by atoms with E-state index in [2.05, 4.69) is 6.58 Å². The fraction of sp³-hybridized carbons (Fsp3) is 0.357. The maximum atomic E-state index is 11.9. The van der Waals surface area contributed by atoms with Crippen LogP contribution in [0.2, 0.25) is 0 Å². The van der Waals surface area contributed by atoms with E-state index in [1.165, 1.54) is 0 Å². The number of carbonyl (C=O) groups excluding carboxylic acids is 1. The first-order valence-electron chi connectivity index (χ1n) is 5.85. The van der Waals surface area contributed by atoms with Crippen molar-refractivity contribution in [1.29, 1.82) is 0 Å². The molecule has 0 amide bonds. The minimum absolute atomic E-state index is 0.142. The molecule has 1 heterocycles. The van der Waals surface area contributed by atoms with Gasteiger partial charge in [-0.05, 0) is 31.0 Å². The molecule has 0 unspecified atom stereocenters. The Morgan fingerprint density at radius 3 is 2.82 bits per heavy atom. The topological polar surface area (TPSA) is 35.5 Å². The standard InChI is InChI=1S/C14H16O3/c1-2-3-4-5-12(15)11-6-7-13-14(10-11)17-9-8-16-13/h2,6-7,10H,1,3-5,8-9H2. The predicted octanol–water partition coefficient (Wildman–Crippen LogP) is 3.00. The highest BCUT2D eigenvalue weighted by Gasteiger charge is 2.14. The van der Waals surface area contributed by atoms with Crippen LogP contribution in [0.5, 0.6) is 11.5 Å². The van der Waals surface area contributed by atoms with E-state index in [0.717, 1.165) is 18.6 Å². The van der Waals surface area contributed by atoms with Crippen LogP contribution in [0.25, 0.3) is 0 Å². The third-order valence-electron chi connectivity index (χ3n) is 2.68. The molecule has 3 nitrogen and oxygen atoms in total. The van der Waals surface area contributed by atoms with E-state index in [1.807, 2.05) is 6.08 Å². The van der Waals surface area contributed by atoms with Crippen LogP contribution in [0.3, 0.4) is 0 Å². The number of Topliss-reactive ketones (excluding diaryl/α,β-unsaturated/α-hetero) is 1. The number of unbranched alkanes of at least 4 members (excludes halogenated alkanes) is 1. The van der Waals surface area contributed by atoms with Gasteiger partial charge in [-0.3, -0.25) is 4.79 Å². The minimum atomic E-state index is 0.142. The number of hydrogen-bond acceptors (Lipinski definition) is 3. The van der Waals surface area contributed by atoms with E-state index in [9.17, 15) is 4.79 Å². The molecule has 1 aliphatic heterocycles. The number of benzene rings is 1. The van der Waals surface area contributed by atoms with Gasteiger partial charge in [0.15, 0.2) is 17.3 Å². The average Bonchev–Trinajstić information content (AvgIpc) is 2.38. The molecule has 17 heavy (non-hydrogen) atoms. The molecule has 1 aliphatic rings.